The molecule has 1 amide bonds. The maximum Gasteiger partial charge on any atom is 0.255 e. The molecule has 98 valence electrons. The molecule has 0 fully saturated rings. The van der Waals surface area contributed by atoms with Crippen LogP contribution in [0, 0.1) is 13.8 Å². The largest absolute Gasteiger partial charge is 0.362 e. The van der Waals surface area contributed by atoms with E-state index in [-0.39, 0.29) is 5.91 Å². The highest BCUT2D eigenvalue weighted by molar-refractivity contribution is 5.95. The summed E-state index contributed by atoms with van der Waals surface area (Å²) in [6.45, 7) is 5.46. The van der Waals surface area contributed by atoms with Gasteiger partial charge in [-0.05, 0) is 37.5 Å². The molecule has 0 atom stereocenters. The number of aromatic nitrogens is 1. The SMILES string of the molecule is Cc1cc(C(=O)N2CCc3ccccc3C2)c(C)[nH]1. The van der Waals surface area contributed by atoms with Gasteiger partial charge in [0, 0.05) is 24.5 Å². The highest BCUT2D eigenvalue weighted by atomic mass is 16.2. The van der Waals surface area contributed by atoms with Gasteiger partial charge in [0.1, 0.15) is 0 Å². The van der Waals surface area contributed by atoms with Crippen LogP contribution in [-0.2, 0) is 13.0 Å². The molecule has 0 radical (unpaired) electrons. The third-order valence-corrected chi connectivity index (χ3v) is 3.80. The van der Waals surface area contributed by atoms with Crippen LogP contribution in [0.5, 0.6) is 0 Å². The van der Waals surface area contributed by atoms with E-state index in [1.807, 2.05) is 30.9 Å². The minimum atomic E-state index is 0.136. The van der Waals surface area contributed by atoms with Crippen LogP contribution in [0.4, 0.5) is 0 Å². The van der Waals surface area contributed by atoms with E-state index < -0.39 is 0 Å². The van der Waals surface area contributed by atoms with Gasteiger partial charge in [0.25, 0.3) is 5.91 Å². The molecule has 1 aliphatic rings. The topological polar surface area (TPSA) is 36.1 Å². The van der Waals surface area contributed by atoms with Gasteiger partial charge in [-0.2, -0.15) is 0 Å². The molecule has 0 spiro atoms. The fourth-order valence-electron chi connectivity index (χ4n) is 2.79. The van der Waals surface area contributed by atoms with Crippen molar-refractivity contribution in [1.82, 2.24) is 9.88 Å². The van der Waals surface area contributed by atoms with Crippen LogP contribution in [0.25, 0.3) is 0 Å². The van der Waals surface area contributed by atoms with Gasteiger partial charge >= 0.3 is 0 Å². The van der Waals surface area contributed by atoms with E-state index in [0.29, 0.717) is 0 Å². The molecule has 3 nitrogen and oxygen atoms in total. The summed E-state index contributed by atoms with van der Waals surface area (Å²) in [5, 5.41) is 0. The maximum atomic E-state index is 12.5. The number of aryl methyl sites for hydroxylation is 2. The van der Waals surface area contributed by atoms with Gasteiger partial charge in [-0.25, -0.2) is 0 Å². The molecule has 2 aromatic rings. The van der Waals surface area contributed by atoms with Crippen molar-refractivity contribution in [3.63, 3.8) is 0 Å². The molecule has 0 saturated carbocycles. The first-order valence-corrected chi connectivity index (χ1v) is 6.67. The van der Waals surface area contributed by atoms with Crippen LogP contribution >= 0.6 is 0 Å². The zero-order valence-corrected chi connectivity index (χ0v) is 11.4. The van der Waals surface area contributed by atoms with Crippen molar-refractivity contribution in [3.8, 4) is 0 Å². The van der Waals surface area contributed by atoms with Crippen molar-refractivity contribution in [2.24, 2.45) is 0 Å². The normalized spacial score (nSPS) is 14.3. The van der Waals surface area contributed by atoms with Crippen LogP contribution < -0.4 is 0 Å². The first kappa shape index (κ1) is 12.0. The number of hydrogen-bond acceptors (Lipinski definition) is 1. The highest BCUT2D eigenvalue weighted by Crippen LogP contribution is 2.21. The summed E-state index contributed by atoms with van der Waals surface area (Å²) >= 11 is 0. The summed E-state index contributed by atoms with van der Waals surface area (Å²) in [4.78, 5) is 17.7. The number of nitrogens with one attached hydrogen (secondary N) is 1. The molecule has 19 heavy (non-hydrogen) atoms. The van der Waals surface area contributed by atoms with Crippen molar-refractivity contribution in [2.75, 3.05) is 6.54 Å². The Kier molecular flexibility index (Phi) is 2.90. The summed E-state index contributed by atoms with van der Waals surface area (Å²) in [7, 11) is 0. The van der Waals surface area contributed by atoms with E-state index >= 15 is 0 Å². The average Bonchev–Trinajstić information content (AvgIpc) is 2.76. The monoisotopic (exact) mass is 254 g/mol. The minimum Gasteiger partial charge on any atom is -0.362 e. The second-order valence-corrected chi connectivity index (χ2v) is 5.24. The summed E-state index contributed by atoms with van der Waals surface area (Å²) in [6.07, 6.45) is 0.949. The number of nitrogens with zero attached hydrogens (tertiary/aromatic N) is 1. The predicted molar refractivity (Wildman–Crippen MR) is 75.2 cm³/mol. The number of benzene rings is 1. The Morgan fingerprint density at radius 1 is 1.21 bits per heavy atom. The zero-order chi connectivity index (χ0) is 13.4. The maximum absolute atomic E-state index is 12.5. The van der Waals surface area contributed by atoms with Gasteiger partial charge in [0.15, 0.2) is 0 Å². The summed E-state index contributed by atoms with van der Waals surface area (Å²) in [5.41, 5.74) is 5.44. The van der Waals surface area contributed by atoms with Crippen LogP contribution in [0.15, 0.2) is 30.3 Å². The lowest BCUT2D eigenvalue weighted by Gasteiger charge is -2.28. The van der Waals surface area contributed by atoms with Crippen LogP contribution in [0.2, 0.25) is 0 Å². The Bertz CT molecular complexity index is 627. The van der Waals surface area contributed by atoms with Gasteiger partial charge in [-0.3, -0.25) is 4.79 Å². The van der Waals surface area contributed by atoms with E-state index in [4.69, 9.17) is 0 Å². The van der Waals surface area contributed by atoms with E-state index in [1.54, 1.807) is 0 Å². The molecule has 2 heterocycles. The average molecular weight is 254 g/mol. The van der Waals surface area contributed by atoms with Gasteiger partial charge < -0.3 is 9.88 Å². The van der Waals surface area contributed by atoms with E-state index in [2.05, 4.69) is 23.2 Å². The van der Waals surface area contributed by atoms with E-state index in [9.17, 15) is 4.79 Å². The number of carbonyl (C=O) groups excluding carboxylic acids is 1. The number of aromatic amines is 1. The van der Waals surface area contributed by atoms with Crippen molar-refractivity contribution >= 4 is 5.91 Å². The number of fused-ring (bicyclic) bond motifs is 1. The number of hydrogen-bond donors (Lipinski definition) is 1. The molecule has 1 N–H and O–H groups in total. The third-order valence-electron chi connectivity index (χ3n) is 3.80. The molecular formula is C16H18N2O. The molecule has 1 aromatic heterocycles. The predicted octanol–water partition coefficient (Wildman–Crippen LogP) is 2.83. The molecule has 0 unspecified atom stereocenters. The standard InChI is InChI=1S/C16H18N2O/c1-11-9-15(12(2)17-11)16(19)18-8-7-13-5-3-4-6-14(13)10-18/h3-6,9,17H,7-8,10H2,1-2H3. The van der Waals surface area contributed by atoms with E-state index in [0.717, 1.165) is 36.5 Å². The Hall–Kier alpha value is -2.03. The Labute approximate surface area is 113 Å². The highest BCUT2D eigenvalue weighted by Gasteiger charge is 2.23. The molecular weight excluding hydrogens is 236 g/mol. The first-order chi connectivity index (χ1) is 9.15. The lowest BCUT2D eigenvalue weighted by Crippen LogP contribution is -2.36. The first-order valence-electron chi connectivity index (χ1n) is 6.67. The minimum absolute atomic E-state index is 0.136. The van der Waals surface area contributed by atoms with E-state index in [1.165, 1.54) is 11.1 Å². The smallest absolute Gasteiger partial charge is 0.255 e. The van der Waals surface area contributed by atoms with Crippen molar-refractivity contribution in [3.05, 3.63) is 58.4 Å². The van der Waals surface area contributed by atoms with Gasteiger partial charge in [-0.15, -0.1) is 0 Å². The Morgan fingerprint density at radius 2 is 1.95 bits per heavy atom. The molecule has 3 rings (SSSR count). The summed E-state index contributed by atoms with van der Waals surface area (Å²) in [6, 6.07) is 10.3. The van der Waals surface area contributed by atoms with Crippen molar-refractivity contribution < 1.29 is 4.79 Å². The second kappa shape index (κ2) is 4.57. The van der Waals surface area contributed by atoms with Crippen molar-refractivity contribution in [2.45, 2.75) is 26.8 Å². The fraction of sp³-hybridized carbons (Fsp3) is 0.312. The van der Waals surface area contributed by atoms with Gasteiger partial charge in [0.2, 0.25) is 0 Å². The molecule has 1 aromatic carbocycles. The third kappa shape index (κ3) is 2.16. The lowest BCUT2D eigenvalue weighted by molar-refractivity contribution is 0.0734. The Balaban J connectivity index is 1.85. The number of carbonyl (C=O) groups is 1. The van der Waals surface area contributed by atoms with Crippen LogP contribution in [-0.4, -0.2) is 22.3 Å². The van der Waals surface area contributed by atoms with Crippen LogP contribution in [0.1, 0.15) is 32.9 Å². The van der Waals surface area contributed by atoms with Crippen LogP contribution in [0.3, 0.4) is 0 Å². The molecule has 1 aliphatic heterocycles. The lowest BCUT2D eigenvalue weighted by atomic mass is 9.99. The number of rotatable bonds is 1. The summed E-state index contributed by atoms with van der Waals surface area (Å²) in [5.74, 6) is 0.136. The van der Waals surface area contributed by atoms with Gasteiger partial charge in [0.05, 0.1) is 5.56 Å². The zero-order valence-electron chi connectivity index (χ0n) is 11.4. The summed E-state index contributed by atoms with van der Waals surface area (Å²) < 4.78 is 0. The number of amides is 1. The molecule has 0 bridgehead atoms. The second-order valence-electron chi connectivity index (χ2n) is 5.24. The van der Waals surface area contributed by atoms with Crippen molar-refractivity contribution in [1.29, 1.82) is 0 Å². The molecule has 3 heteroatoms. The quantitative estimate of drug-likeness (QED) is 0.834. The molecule has 0 aliphatic carbocycles. The fourth-order valence-corrected chi connectivity index (χ4v) is 2.79. The Morgan fingerprint density at radius 3 is 2.63 bits per heavy atom. The molecule has 0 saturated heterocycles. The van der Waals surface area contributed by atoms with Gasteiger partial charge in [-0.1, -0.05) is 24.3 Å². The number of H-pyrrole nitrogens is 1.